The van der Waals surface area contributed by atoms with E-state index in [0.29, 0.717) is 16.8 Å². The molecule has 0 bridgehead atoms. The predicted molar refractivity (Wildman–Crippen MR) is 70.5 cm³/mol. The summed E-state index contributed by atoms with van der Waals surface area (Å²) >= 11 is 3.31. The van der Waals surface area contributed by atoms with Crippen LogP contribution in [0.15, 0.2) is 10.7 Å². The second-order valence-corrected chi connectivity index (χ2v) is 5.10. The van der Waals surface area contributed by atoms with Crippen molar-refractivity contribution in [1.82, 2.24) is 15.3 Å². The summed E-state index contributed by atoms with van der Waals surface area (Å²) < 4.78 is 0.708. The smallest absolute Gasteiger partial charge is 0.227 e. The zero-order chi connectivity index (χ0) is 13.1. The number of hydrogen-bond donors (Lipinski definition) is 3. The van der Waals surface area contributed by atoms with Gasteiger partial charge in [0.15, 0.2) is 0 Å². The Labute approximate surface area is 109 Å². The minimum absolute atomic E-state index is 0.0387. The molecule has 0 saturated carbocycles. The molecule has 0 fully saturated rings. The largest absolute Gasteiger partial charge is 0.368 e. The molecule has 0 aliphatic carbocycles. The van der Waals surface area contributed by atoms with Gasteiger partial charge in [-0.15, -0.1) is 0 Å². The Morgan fingerprint density at radius 2 is 2.24 bits per heavy atom. The van der Waals surface area contributed by atoms with Gasteiger partial charge in [0.05, 0.1) is 9.89 Å². The zero-order valence-corrected chi connectivity index (χ0v) is 11.6. The van der Waals surface area contributed by atoms with Crippen molar-refractivity contribution in [1.29, 1.82) is 0 Å². The molecule has 0 spiro atoms. The van der Waals surface area contributed by atoms with Crippen molar-refractivity contribution in [3.8, 4) is 0 Å². The number of nitrogens with two attached hydrogens (primary N) is 1. The van der Waals surface area contributed by atoms with Crippen LogP contribution in [-0.2, 0) is 4.79 Å². The van der Waals surface area contributed by atoms with E-state index in [-0.39, 0.29) is 11.9 Å². The van der Waals surface area contributed by atoms with E-state index < -0.39 is 5.41 Å². The van der Waals surface area contributed by atoms with E-state index >= 15 is 0 Å². The Morgan fingerprint density at radius 1 is 1.59 bits per heavy atom. The van der Waals surface area contributed by atoms with Crippen molar-refractivity contribution < 1.29 is 4.79 Å². The van der Waals surface area contributed by atoms with Gasteiger partial charge < -0.3 is 16.4 Å². The lowest BCUT2D eigenvalue weighted by molar-refractivity contribution is -0.128. The molecule has 1 heterocycles. The van der Waals surface area contributed by atoms with Gasteiger partial charge in [-0.05, 0) is 29.8 Å². The summed E-state index contributed by atoms with van der Waals surface area (Å²) in [5, 5.41) is 5.69. The first kappa shape index (κ1) is 13.7. The number of carbonyl (C=O) groups is 1. The molecule has 0 aromatic carbocycles. The number of amides is 1. The zero-order valence-electron chi connectivity index (χ0n) is 10.0. The highest BCUT2D eigenvalue weighted by Gasteiger charge is 2.26. The van der Waals surface area contributed by atoms with Crippen LogP contribution in [0.25, 0.3) is 0 Å². The average Bonchev–Trinajstić information content (AvgIpc) is 2.29. The topological polar surface area (TPSA) is 92.9 Å². The number of aromatic nitrogens is 2. The summed E-state index contributed by atoms with van der Waals surface area (Å²) in [5.74, 6) is 0.728. The van der Waals surface area contributed by atoms with Crippen LogP contribution in [-0.4, -0.2) is 29.5 Å². The van der Waals surface area contributed by atoms with Crippen molar-refractivity contribution in [2.45, 2.75) is 13.8 Å². The van der Waals surface area contributed by atoms with Crippen molar-refractivity contribution in [2.24, 2.45) is 5.41 Å². The number of nitrogens with one attached hydrogen (secondary N) is 2. The minimum Gasteiger partial charge on any atom is -0.368 e. The third-order valence-corrected chi connectivity index (χ3v) is 2.88. The molecule has 4 N–H and O–H groups in total. The number of hydrogen-bond acceptors (Lipinski definition) is 5. The van der Waals surface area contributed by atoms with Crippen molar-refractivity contribution >= 4 is 33.6 Å². The Morgan fingerprint density at radius 3 is 2.82 bits per heavy atom. The minimum atomic E-state index is -0.534. The van der Waals surface area contributed by atoms with Crippen LogP contribution in [0.1, 0.15) is 13.8 Å². The highest BCUT2D eigenvalue weighted by Crippen LogP contribution is 2.22. The molecule has 0 radical (unpaired) electrons. The molecule has 1 aromatic rings. The Kier molecular flexibility index (Phi) is 4.28. The van der Waals surface area contributed by atoms with E-state index in [0.717, 1.165) is 0 Å². The molecule has 0 atom stereocenters. The first-order chi connectivity index (χ1) is 7.86. The van der Waals surface area contributed by atoms with E-state index in [9.17, 15) is 4.79 Å². The Balaban J connectivity index is 2.73. The summed E-state index contributed by atoms with van der Waals surface area (Å²) in [7, 11) is 1.61. The number of carbonyl (C=O) groups excluding carboxylic acids is 1. The maximum atomic E-state index is 11.6. The standard InChI is InChI=1S/C10H16BrN5O/c1-10(2,8(17)13-3)5-15-7-6(11)4-14-9(12)16-7/h4H,5H2,1-3H3,(H,13,17)(H3,12,14,15,16). The van der Waals surface area contributed by atoms with Gasteiger partial charge in [-0.25, -0.2) is 4.98 Å². The van der Waals surface area contributed by atoms with Crippen LogP contribution in [0.2, 0.25) is 0 Å². The first-order valence-corrected chi connectivity index (χ1v) is 5.90. The fourth-order valence-corrected chi connectivity index (χ4v) is 1.56. The van der Waals surface area contributed by atoms with E-state index in [1.807, 2.05) is 13.8 Å². The van der Waals surface area contributed by atoms with Gasteiger partial charge in [-0.1, -0.05) is 0 Å². The quantitative estimate of drug-likeness (QED) is 0.772. The van der Waals surface area contributed by atoms with E-state index in [4.69, 9.17) is 5.73 Å². The number of rotatable bonds is 4. The fraction of sp³-hybridized carbons (Fsp3) is 0.500. The molecule has 7 heteroatoms. The number of nitrogens with zero attached hydrogens (tertiary/aromatic N) is 2. The summed E-state index contributed by atoms with van der Waals surface area (Å²) in [5.41, 5.74) is 4.96. The normalized spacial score (nSPS) is 11.1. The molecule has 0 unspecified atom stereocenters. The Hall–Kier alpha value is -1.37. The summed E-state index contributed by atoms with van der Waals surface area (Å²) in [4.78, 5) is 19.5. The third kappa shape index (κ3) is 3.55. The molecular formula is C10H16BrN5O. The first-order valence-electron chi connectivity index (χ1n) is 5.11. The van der Waals surface area contributed by atoms with Crippen LogP contribution in [0, 0.1) is 5.41 Å². The van der Waals surface area contributed by atoms with Crippen molar-refractivity contribution in [2.75, 3.05) is 24.6 Å². The molecule has 6 nitrogen and oxygen atoms in total. The van der Waals surface area contributed by atoms with Crippen LogP contribution < -0.4 is 16.4 Å². The fourth-order valence-electron chi connectivity index (χ4n) is 1.23. The molecule has 0 aliphatic rings. The molecule has 1 rings (SSSR count). The highest BCUT2D eigenvalue weighted by molar-refractivity contribution is 9.10. The maximum absolute atomic E-state index is 11.6. The van der Waals surface area contributed by atoms with Gasteiger partial charge in [0.25, 0.3) is 0 Å². The lowest BCUT2D eigenvalue weighted by atomic mass is 9.92. The van der Waals surface area contributed by atoms with Crippen LogP contribution >= 0.6 is 15.9 Å². The lowest BCUT2D eigenvalue weighted by Crippen LogP contribution is -2.39. The van der Waals surface area contributed by atoms with Gasteiger partial charge in [-0.3, -0.25) is 4.79 Å². The van der Waals surface area contributed by atoms with Gasteiger partial charge in [-0.2, -0.15) is 4.98 Å². The number of halogens is 1. The van der Waals surface area contributed by atoms with Gasteiger partial charge in [0.1, 0.15) is 5.82 Å². The van der Waals surface area contributed by atoms with Gasteiger partial charge >= 0.3 is 0 Å². The third-order valence-electron chi connectivity index (χ3n) is 2.30. The Bertz CT molecular complexity index is 421. The van der Waals surface area contributed by atoms with E-state index in [2.05, 4.69) is 36.5 Å². The van der Waals surface area contributed by atoms with Crippen molar-refractivity contribution in [3.05, 3.63) is 10.7 Å². The monoisotopic (exact) mass is 301 g/mol. The van der Waals surface area contributed by atoms with E-state index in [1.165, 1.54) is 0 Å². The molecule has 17 heavy (non-hydrogen) atoms. The van der Waals surface area contributed by atoms with Crippen LogP contribution in [0.3, 0.4) is 0 Å². The SMILES string of the molecule is CNC(=O)C(C)(C)CNc1nc(N)ncc1Br. The summed E-state index contributed by atoms with van der Waals surface area (Å²) in [6.45, 7) is 4.14. The molecule has 94 valence electrons. The second-order valence-electron chi connectivity index (χ2n) is 4.24. The molecule has 1 aromatic heterocycles. The summed E-state index contributed by atoms with van der Waals surface area (Å²) in [6, 6.07) is 0. The molecular weight excluding hydrogens is 286 g/mol. The van der Waals surface area contributed by atoms with Crippen molar-refractivity contribution in [3.63, 3.8) is 0 Å². The van der Waals surface area contributed by atoms with Gasteiger partial charge in [0, 0.05) is 19.8 Å². The van der Waals surface area contributed by atoms with E-state index in [1.54, 1.807) is 13.2 Å². The lowest BCUT2D eigenvalue weighted by Gasteiger charge is -2.23. The highest BCUT2D eigenvalue weighted by atomic mass is 79.9. The van der Waals surface area contributed by atoms with Crippen LogP contribution in [0.4, 0.5) is 11.8 Å². The predicted octanol–water partition coefficient (Wildman–Crippen LogP) is 1.01. The maximum Gasteiger partial charge on any atom is 0.227 e. The van der Waals surface area contributed by atoms with Crippen LogP contribution in [0.5, 0.6) is 0 Å². The average molecular weight is 302 g/mol. The number of nitrogen functional groups attached to an aromatic ring is 1. The summed E-state index contributed by atoms with van der Waals surface area (Å²) in [6.07, 6.45) is 1.57. The molecule has 1 amide bonds. The van der Waals surface area contributed by atoms with Gasteiger partial charge in [0.2, 0.25) is 11.9 Å². The molecule has 0 aliphatic heterocycles. The number of anilines is 2. The molecule has 0 saturated heterocycles. The second kappa shape index (κ2) is 5.31.